The first-order chi connectivity index (χ1) is 6.79. The van der Waals surface area contributed by atoms with Crippen molar-refractivity contribution in [2.24, 2.45) is 0 Å². The molecule has 2 rings (SSSR count). The van der Waals surface area contributed by atoms with E-state index in [4.69, 9.17) is 26.3 Å². The maximum Gasteiger partial charge on any atom is 0.145 e. The molecule has 1 aromatic carbocycles. The summed E-state index contributed by atoms with van der Waals surface area (Å²) < 4.78 is 10.5. The number of halogens is 1. The van der Waals surface area contributed by atoms with E-state index in [9.17, 15) is 0 Å². The molecule has 0 aliphatic carbocycles. The SMILES string of the molecule is N#Cc1ccc(OC2COC2)cc1Cl. The van der Waals surface area contributed by atoms with Crippen LogP contribution in [-0.4, -0.2) is 19.3 Å². The summed E-state index contributed by atoms with van der Waals surface area (Å²) in [5.41, 5.74) is 0.462. The molecule has 0 saturated carbocycles. The topological polar surface area (TPSA) is 42.2 Å². The monoisotopic (exact) mass is 209 g/mol. The molecular formula is C10H8ClNO2. The first-order valence-electron chi connectivity index (χ1n) is 4.23. The minimum atomic E-state index is 0.124. The lowest BCUT2D eigenvalue weighted by molar-refractivity contribution is -0.0796. The van der Waals surface area contributed by atoms with E-state index >= 15 is 0 Å². The molecule has 1 fully saturated rings. The van der Waals surface area contributed by atoms with Crippen molar-refractivity contribution in [2.75, 3.05) is 13.2 Å². The van der Waals surface area contributed by atoms with E-state index in [1.165, 1.54) is 0 Å². The van der Waals surface area contributed by atoms with Gasteiger partial charge in [0, 0.05) is 6.07 Å². The van der Waals surface area contributed by atoms with Crippen LogP contribution in [-0.2, 0) is 4.74 Å². The minimum Gasteiger partial charge on any atom is -0.486 e. The van der Waals surface area contributed by atoms with Gasteiger partial charge in [0.2, 0.25) is 0 Å². The molecule has 4 heteroatoms. The summed E-state index contributed by atoms with van der Waals surface area (Å²) >= 11 is 5.84. The summed E-state index contributed by atoms with van der Waals surface area (Å²) in [6, 6.07) is 7.03. The second-order valence-corrected chi connectivity index (χ2v) is 3.44. The van der Waals surface area contributed by atoms with E-state index in [1.807, 2.05) is 6.07 Å². The van der Waals surface area contributed by atoms with Crippen LogP contribution < -0.4 is 4.74 Å². The third-order valence-electron chi connectivity index (χ3n) is 1.97. The highest BCUT2D eigenvalue weighted by Crippen LogP contribution is 2.23. The molecule has 0 N–H and O–H groups in total. The Morgan fingerprint density at radius 1 is 1.50 bits per heavy atom. The number of rotatable bonds is 2. The van der Waals surface area contributed by atoms with Crippen molar-refractivity contribution in [2.45, 2.75) is 6.10 Å². The van der Waals surface area contributed by atoms with E-state index in [2.05, 4.69) is 0 Å². The molecular weight excluding hydrogens is 202 g/mol. The maximum atomic E-state index is 8.65. The van der Waals surface area contributed by atoms with Crippen LogP contribution >= 0.6 is 11.6 Å². The van der Waals surface area contributed by atoms with Crippen LogP contribution in [0.1, 0.15) is 5.56 Å². The maximum absolute atomic E-state index is 8.65. The van der Waals surface area contributed by atoms with E-state index in [-0.39, 0.29) is 6.10 Å². The highest BCUT2D eigenvalue weighted by molar-refractivity contribution is 6.31. The molecule has 1 aromatic rings. The lowest BCUT2D eigenvalue weighted by Gasteiger charge is -2.26. The zero-order valence-electron chi connectivity index (χ0n) is 7.37. The zero-order valence-corrected chi connectivity index (χ0v) is 8.12. The Balaban J connectivity index is 2.12. The van der Waals surface area contributed by atoms with Crippen LogP contribution in [0, 0.1) is 11.3 Å². The van der Waals surface area contributed by atoms with Crippen molar-refractivity contribution in [3.05, 3.63) is 28.8 Å². The van der Waals surface area contributed by atoms with Gasteiger partial charge in [-0.3, -0.25) is 0 Å². The van der Waals surface area contributed by atoms with Gasteiger partial charge in [0.1, 0.15) is 17.9 Å². The molecule has 1 saturated heterocycles. The lowest BCUT2D eigenvalue weighted by Crippen LogP contribution is -2.38. The van der Waals surface area contributed by atoms with Crippen LogP contribution in [0.5, 0.6) is 5.75 Å². The Bertz CT molecular complexity index is 382. The number of benzene rings is 1. The first kappa shape index (κ1) is 9.32. The molecule has 3 nitrogen and oxygen atoms in total. The van der Waals surface area contributed by atoms with Gasteiger partial charge in [0.15, 0.2) is 0 Å². The summed E-state index contributed by atoms with van der Waals surface area (Å²) in [5.74, 6) is 0.683. The molecule has 1 aliphatic rings. The fourth-order valence-corrected chi connectivity index (χ4v) is 1.35. The molecule has 0 bridgehead atoms. The van der Waals surface area contributed by atoms with E-state index in [0.717, 1.165) is 0 Å². The Kier molecular flexibility index (Phi) is 2.58. The summed E-state index contributed by atoms with van der Waals surface area (Å²) in [6.07, 6.45) is 0.124. The van der Waals surface area contributed by atoms with Gasteiger partial charge in [-0.05, 0) is 12.1 Å². The third kappa shape index (κ3) is 1.82. The van der Waals surface area contributed by atoms with Crippen LogP contribution in [0.2, 0.25) is 5.02 Å². The summed E-state index contributed by atoms with van der Waals surface area (Å²) in [7, 11) is 0. The molecule has 0 spiro atoms. The van der Waals surface area contributed by atoms with Crippen LogP contribution in [0.25, 0.3) is 0 Å². The van der Waals surface area contributed by atoms with E-state index < -0.39 is 0 Å². The Hall–Kier alpha value is -1.24. The molecule has 0 radical (unpaired) electrons. The highest BCUT2D eigenvalue weighted by Gasteiger charge is 2.20. The average Bonchev–Trinajstić information content (AvgIpc) is 2.12. The highest BCUT2D eigenvalue weighted by atomic mass is 35.5. The number of nitrogens with zero attached hydrogens (tertiary/aromatic N) is 1. The average molecular weight is 210 g/mol. The Morgan fingerprint density at radius 2 is 2.29 bits per heavy atom. The predicted molar refractivity (Wildman–Crippen MR) is 51.4 cm³/mol. The summed E-state index contributed by atoms with van der Waals surface area (Å²) in [4.78, 5) is 0. The van der Waals surface area contributed by atoms with Gasteiger partial charge < -0.3 is 9.47 Å². The van der Waals surface area contributed by atoms with Crippen molar-refractivity contribution < 1.29 is 9.47 Å². The van der Waals surface area contributed by atoms with Crippen LogP contribution in [0.4, 0.5) is 0 Å². The molecule has 0 unspecified atom stereocenters. The van der Waals surface area contributed by atoms with Gasteiger partial charge >= 0.3 is 0 Å². The largest absolute Gasteiger partial charge is 0.486 e. The molecule has 14 heavy (non-hydrogen) atoms. The van der Waals surface area contributed by atoms with Gasteiger partial charge in [0.25, 0.3) is 0 Å². The third-order valence-corrected chi connectivity index (χ3v) is 2.28. The normalized spacial score (nSPS) is 15.7. The Labute approximate surface area is 86.8 Å². The van der Waals surface area contributed by atoms with Gasteiger partial charge in [-0.1, -0.05) is 11.6 Å². The van der Waals surface area contributed by atoms with Crippen LogP contribution in [0.15, 0.2) is 18.2 Å². The lowest BCUT2D eigenvalue weighted by atomic mass is 10.2. The van der Waals surface area contributed by atoms with Crippen molar-refractivity contribution >= 4 is 11.6 Å². The predicted octanol–water partition coefficient (Wildman–Crippen LogP) is 1.99. The number of ether oxygens (including phenoxy) is 2. The van der Waals surface area contributed by atoms with Crippen molar-refractivity contribution in [3.8, 4) is 11.8 Å². The minimum absolute atomic E-state index is 0.124. The van der Waals surface area contributed by atoms with Crippen molar-refractivity contribution in [3.63, 3.8) is 0 Å². The summed E-state index contributed by atoms with van der Waals surface area (Å²) in [5, 5.41) is 9.07. The van der Waals surface area contributed by atoms with Crippen molar-refractivity contribution in [1.29, 1.82) is 5.26 Å². The zero-order chi connectivity index (χ0) is 9.97. The standard InChI is InChI=1S/C10H8ClNO2/c11-10-3-8(2-1-7(10)4-12)14-9-5-13-6-9/h1-3,9H,5-6H2. The summed E-state index contributed by atoms with van der Waals surface area (Å²) in [6.45, 7) is 1.25. The molecule has 0 amide bonds. The molecule has 72 valence electrons. The fraction of sp³-hybridized carbons (Fsp3) is 0.300. The van der Waals surface area contributed by atoms with Crippen molar-refractivity contribution in [1.82, 2.24) is 0 Å². The van der Waals surface area contributed by atoms with Gasteiger partial charge in [-0.2, -0.15) is 5.26 Å². The Morgan fingerprint density at radius 3 is 2.79 bits per heavy atom. The molecule has 1 aliphatic heterocycles. The second kappa shape index (κ2) is 3.87. The van der Waals surface area contributed by atoms with E-state index in [0.29, 0.717) is 29.5 Å². The second-order valence-electron chi connectivity index (χ2n) is 3.03. The number of hydrogen-bond donors (Lipinski definition) is 0. The molecule has 1 heterocycles. The smallest absolute Gasteiger partial charge is 0.145 e. The van der Waals surface area contributed by atoms with Gasteiger partial charge in [-0.25, -0.2) is 0 Å². The fourth-order valence-electron chi connectivity index (χ4n) is 1.13. The number of nitriles is 1. The van der Waals surface area contributed by atoms with Gasteiger partial charge in [0.05, 0.1) is 23.8 Å². The van der Waals surface area contributed by atoms with Crippen LogP contribution in [0.3, 0.4) is 0 Å². The van der Waals surface area contributed by atoms with E-state index in [1.54, 1.807) is 18.2 Å². The first-order valence-corrected chi connectivity index (χ1v) is 4.61. The quantitative estimate of drug-likeness (QED) is 0.748. The van der Waals surface area contributed by atoms with Gasteiger partial charge in [-0.15, -0.1) is 0 Å². The molecule has 0 aromatic heterocycles. The molecule has 0 atom stereocenters. The number of hydrogen-bond acceptors (Lipinski definition) is 3.